The molecule has 0 unspecified atom stereocenters. The highest BCUT2D eigenvalue weighted by Crippen LogP contribution is 2.61. The number of rotatable bonds is 0. The zero-order valence-corrected chi connectivity index (χ0v) is 13.8. The van der Waals surface area contributed by atoms with Crippen molar-refractivity contribution >= 4 is 5.78 Å². The average Bonchev–Trinajstić information content (AvgIpc) is 2.47. The highest BCUT2D eigenvalue weighted by molar-refractivity contribution is 5.91. The highest BCUT2D eigenvalue weighted by atomic mass is 16.3. The summed E-state index contributed by atoms with van der Waals surface area (Å²) in [7, 11) is 0. The van der Waals surface area contributed by atoms with Crippen LogP contribution in [-0.2, 0) is 4.79 Å². The van der Waals surface area contributed by atoms with Gasteiger partial charge in [-0.2, -0.15) is 0 Å². The van der Waals surface area contributed by atoms with Crippen LogP contribution in [0.5, 0.6) is 0 Å². The van der Waals surface area contributed by atoms with E-state index in [0.29, 0.717) is 23.5 Å². The molecule has 0 aliphatic heterocycles. The summed E-state index contributed by atoms with van der Waals surface area (Å²) >= 11 is 0. The standard InChI is InChI=1S/C20H28O2/c1-19-11-9-16-15-8-6-14(21)12-13(15)5-7-17(16)18(19)4-3-10-20(19,2)22/h3-4,12,15-18,22H,5-11H2,1-2H3/t15-,16+,17+,18-,19-,20-/m0/s1. The van der Waals surface area contributed by atoms with Crippen molar-refractivity contribution in [2.45, 2.75) is 64.4 Å². The SMILES string of the molecule is C[C@]1(O)CC=C[C@H]2[C@@H]3CCC4=CC(=O)CC[C@@H]4[C@H]3CC[C@@]21C. The van der Waals surface area contributed by atoms with E-state index in [-0.39, 0.29) is 5.41 Å². The Kier molecular flexibility index (Phi) is 3.21. The zero-order valence-electron chi connectivity index (χ0n) is 13.8. The average molecular weight is 300 g/mol. The first-order valence-corrected chi connectivity index (χ1v) is 9.05. The summed E-state index contributed by atoms with van der Waals surface area (Å²) in [6.07, 6.45) is 13.8. The van der Waals surface area contributed by atoms with E-state index in [4.69, 9.17) is 0 Å². The second kappa shape index (κ2) is 4.80. The summed E-state index contributed by atoms with van der Waals surface area (Å²) in [6, 6.07) is 0. The van der Waals surface area contributed by atoms with Gasteiger partial charge in [0.1, 0.15) is 0 Å². The van der Waals surface area contributed by atoms with Crippen molar-refractivity contribution in [3.63, 3.8) is 0 Å². The monoisotopic (exact) mass is 300 g/mol. The number of ketones is 1. The second-order valence-electron chi connectivity index (χ2n) is 8.59. The van der Waals surface area contributed by atoms with Gasteiger partial charge in [-0.15, -0.1) is 0 Å². The van der Waals surface area contributed by atoms with Crippen LogP contribution in [0.25, 0.3) is 0 Å². The van der Waals surface area contributed by atoms with Crippen LogP contribution in [0.1, 0.15) is 58.8 Å². The van der Waals surface area contributed by atoms with Gasteiger partial charge < -0.3 is 5.11 Å². The molecule has 120 valence electrons. The number of allylic oxidation sites excluding steroid dienone is 3. The molecule has 0 spiro atoms. The van der Waals surface area contributed by atoms with E-state index in [1.54, 1.807) is 0 Å². The Labute approximate surface area is 133 Å². The predicted molar refractivity (Wildman–Crippen MR) is 87.2 cm³/mol. The number of carbonyl (C=O) groups is 1. The van der Waals surface area contributed by atoms with E-state index in [0.717, 1.165) is 38.0 Å². The molecule has 4 rings (SSSR count). The Hall–Kier alpha value is -0.890. The van der Waals surface area contributed by atoms with Gasteiger partial charge in [-0.05, 0) is 75.2 Å². The van der Waals surface area contributed by atoms with Crippen molar-refractivity contribution in [1.82, 2.24) is 0 Å². The second-order valence-corrected chi connectivity index (χ2v) is 8.59. The van der Waals surface area contributed by atoms with Gasteiger partial charge in [-0.25, -0.2) is 0 Å². The summed E-state index contributed by atoms with van der Waals surface area (Å²) in [5.74, 6) is 2.91. The number of fused-ring (bicyclic) bond motifs is 5. The van der Waals surface area contributed by atoms with E-state index < -0.39 is 5.60 Å². The molecule has 2 nitrogen and oxygen atoms in total. The summed E-state index contributed by atoms with van der Waals surface area (Å²) in [5.41, 5.74) is 0.887. The quantitative estimate of drug-likeness (QED) is 0.685. The predicted octanol–water partition coefficient (Wildman–Crippen LogP) is 4.05. The molecule has 22 heavy (non-hydrogen) atoms. The van der Waals surface area contributed by atoms with Gasteiger partial charge in [-0.3, -0.25) is 4.79 Å². The van der Waals surface area contributed by atoms with Crippen molar-refractivity contribution in [3.8, 4) is 0 Å². The molecule has 2 heteroatoms. The molecule has 0 radical (unpaired) electrons. The van der Waals surface area contributed by atoms with E-state index >= 15 is 0 Å². The van der Waals surface area contributed by atoms with Crippen molar-refractivity contribution in [1.29, 1.82) is 0 Å². The highest BCUT2D eigenvalue weighted by Gasteiger charge is 2.57. The van der Waals surface area contributed by atoms with Crippen LogP contribution in [0.2, 0.25) is 0 Å². The number of carbonyl (C=O) groups excluding carboxylic acids is 1. The van der Waals surface area contributed by atoms with Gasteiger partial charge >= 0.3 is 0 Å². The van der Waals surface area contributed by atoms with Gasteiger partial charge in [0.25, 0.3) is 0 Å². The molecular weight excluding hydrogens is 272 g/mol. The van der Waals surface area contributed by atoms with Crippen LogP contribution in [0.3, 0.4) is 0 Å². The first-order valence-electron chi connectivity index (χ1n) is 9.05. The summed E-state index contributed by atoms with van der Waals surface area (Å²) in [6.45, 7) is 4.35. The molecule has 0 amide bonds. The molecular formula is C20H28O2. The number of hydrogen-bond acceptors (Lipinski definition) is 2. The van der Waals surface area contributed by atoms with Crippen LogP contribution >= 0.6 is 0 Å². The van der Waals surface area contributed by atoms with Crippen LogP contribution in [-0.4, -0.2) is 16.5 Å². The van der Waals surface area contributed by atoms with Gasteiger partial charge in [0.05, 0.1) is 5.60 Å². The maximum atomic E-state index is 11.7. The lowest BCUT2D eigenvalue weighted by molar-refractivity contribution is -0.139. The fourth-order valence-electron chi connectivity index (χ4n) is 6.09. The maximum Gasteiger partial charge on any atom is 0.155 e. The Morgan fingerprint density at radius 3 is 2.77 bits per heavy atom. The molecule has 0 bridgehead atoms. The third kappa shape index (κ3) is 1.92. The fourth-order valence-corrected chi connectivity index (χ4v) is 6.09. The van der Waals surface area contributed by atoms with E-state index in [9.17, 15) is 9.90 Å². The minimum atomic E-state index is -0.573. The number of hydrogen-bond donors (Lipinski definition) is 1. The van der Waals surface area contributed by atoms with Crippen LogP contribution < -0.4 is 0 Å². The zero-order chi connectivity index (χ0) is 15.5. The molecule has 2 saturated carbocycles. The molecule has 0 aromatic heterocycles. The minimum absolute atomic E-state index is 0.0224. The Morgan fingerprint density at radius 1 is 1.14 bits per heavy atom. The smallest absolute Gasteiger partial charge is 0.155 e. The van der Waals surface area contributed by atoms with E-state index in [1.165, 1.54) is 18.4 Å². The third-order valence-electron chi connectivity index (χ3n) is 7.64. The van der Waals surface area contributed by atoms with Crippen molar-refractivity contribution in [2.24, 2.45) is 29.1 Å². The van der Waals surface area contributed by atoms with Crippen LogP contribution in [0.15, 0.2) is 23.8 Å². The molecule has 6 atom stereocenters. The van der Waals surface area contributed by atoms with Crippen LogP contribution in [0.4, 0.5) is 0 Å². The maximum absolute atomic E-state index is 11.7. The topological polar surface area (TPSA) is 37.3 Å². The van der Waals surface area contributed by atoms with E-state index in [1.807, 2.05) is 13.0 Å². The summed E-state index contributed by atoms with van der Waals surface area (Å²) in [5, 5.41) is 11.0. The fraction of sp³-hybridized carbons (Fsp3) is 0.750. The van der Waals surface area contributed by atoms with Gasteiger partial charge in [-0.1, -0.05) is 24.6 Å². The molecule has 2 fully saturated rings. The molecule has 0 aromatic rings. The van der Waals surface area contributed by atoms with E-state index in [2.05, 4.69) is 19.1 Å². The molecule has 4 aliphatic carbocycles. The Bertz CT molecular complexity index is 556. The lowest BCUT2D eigenvalue weighted by atomic mass is 9.46. The minimum Gasteiger partial charge on any atom is -0.389 e. The largest absolute Gasteiger partial charge is 0.389 e. The third-order valence-corrected chi connectivity index (χ3v) is 7.64. The lowest BCUT2D eigenvalue weighted by Gasteiger charge is -2.59. The van der Waals surface area contributed by atoms with Gasteiger partial charge in [0.2, 0.25) is 0 Å². The molecule has 4 aliphatic rings. The van der Waals surface area contributed by atoms with Crippen molar-refractivity contribution < 1.29 is 9.90 Å². The Morgan fingerprint density at radius 2 is 1.95 bits per heavy atom. The first-order chi connectivity index (χ1) is 10.4. The normalized spacial score (nSPS) is 50.7. The molecule has 0 heterocycles. The summed E-state index contributed by atoms with van der Waals surface area (Å²) < 4.78 is 0. The van der Waals surface area contributed by atoms with Crippen molar-refractivity contribution in [3.05, 3.63) is 23.8 Å². The molecule has 0 aromatic carbocycles. The van der Waals surface area contributed by atoms with Gasteiger partial charge in [0.15, 0.2) is 5.78 Å². The summed E-state index contributed by atoms with van der Waals surface area (Å²) in [4.78, 5) is 11.7. The van der Waals surface area contributed by atoms with Crippen molar-refractivity contribution in [2.75, 3.05) is 0 Å². The molecule has 0 saturated heterocycles. The Balaban J connectivity index is 1.67. The lowest BCUT2D eigenvalue weighted by Crippen LogP contribution is -2.57. The number of aliphatic hydroxyl groups is 1. The van der Waals surface area contributed by atoms with Gasteiger partial charge in [0, 0.05) is 11.8 Å². The van der Waals surface area contributed by atoms with Crippen LogP contribution in [0, 0.1) is 29.1 Å². The molecule has 1 N–H and O–H groups in total. The first kappa shape index (κ1) is 14.7.